The first-order valence-corrected chi connectivity index (χ1v) is 12.5. The predicted molar refractivity (Wildman–Crippen MR) is 130 cm³/mol. The van der Waals surface area contributed by atoms with Crippen molar-refractivity contribution in [2.45, 2.75) is 95.9 Å². The summed E-state index contributed by atoms with van der Waals surface area (Å²) in [6, 6.07) is 9.37. The summed E-state index contributed by atoms with van der Waals surface area (Å²) in [5.41, 5.74) is -4.12. The topological polar surface area (TPSA) is 108 Å². The van der Waals surface area contributed by atoms with E-state index in [0.29, 0.717) is 12.8 Å². The zero-order valence-corrected chi connectivity index (χ0v) is 21.8. The smallest absolute Gasteiger partial charge is 0.331 e. The number of carbonyl (C=O) groups is 3. The number of carbonyl (C=O) groups excluding carboxylic acids is 3. The van der Waals surface area contributed by atoms with Crippen LogP contribution >= 0.6 is 0 Å². The van der Waals surface area contributed by atoms with E-state index in [1.807, 2.05) is 44.2 Å². The molecule has 1 aromatic carbocycles. The summed E-state index contributed by atoms with van der Waals surface area (Å²) in [6.07, 6.45) is 1.58. The number of aliphatic hydroxyl groups is 1. The Bertz CT molecular complexity index is 1060. The molecule has 1 heterocycles. The lowest BCUT2D eigenvalue weighted by atomic mass is 9.47. The van der Waals surface area contributed by atoms with E-state index in [4.69, 9.17) is 18.9 Å². The first-order valence-electron chi connectivity index (χ1n) is 12.5. The fourth-order valence-electron chi connectivity index (χ4n) is 6.88. The van der Waals surface area contributed by atoms with Crippen molar-refractivity contribution in [3.8, 4) is 0 Å². The molecule has 8 nitrogen and oxygen atoms in total. The molecule has 1 spiro atoms. The molecule has 2 bridgehead atoms. The lowest BCUT2D eigenvalue weighted by Gasteiger charge is -2.64. The fraction of sp³-hybridized carbons (Fsp3) is 0.607. The maximum Gasteiger partial charge on any atom is 0.331 e. The van der Waals surface area contributed by atoms with Crippen molar-refractivity contribution in [3.05, 3.63) is 42.0 Å². The highest BCUT2D eigenvalue weighted by atomic mass is 16.6. The first-order chi connectivity index (χ1) is 16.7. The van der Waals surface area contributed by atoms with Gasteiger partial charge >= 0.3 is 17.9 Å². The molecule has 1 aliphatic heterocycles. The Morgan fingerprint density at radius 1 is 0.972 bits per heavy atom. The van der Waals surface area contributed by atoms with Gasteiger partial charge in [-0.25, -0.2) is 4.79 Å². The van der Waals surface area contributed by atoms with Crippen LogP contribution in [0.5, 0.6) is 0 Å². The predicted octanol–water partition coefficient (Wildman–Crippen LogP) is 3.59. The van der Waals surface area contributed by atoms with Crippen LogP contribution in [0.3, 0.4) is 0 Å². The number of benzene rings is 1. The summed E-state index contributed by atoms with van der Waals surface area (Å²) < 4.78 is 24.4. The van der Waals surface area contributed by atoms with Gasteiger partial charge in [0, 0.05) is 25.8 Å². The number of hydrogen-bond acceptors (Lipinski definition) is 8. The van der Waals surface area contributed by atoms with Crippen molar-refractivity contribution >= 4 is 24.0 Å². The first kappa shape index (κ1) is 26.4. The Morgan fingerprint density at radius 3 is 2.22 bits per heavy atom. The van der Waals surface area contributed by atoms with Gasteiger partial charge in [0.15, 0.2) is 0 Å². The number of hydrogen-bond donors (Lipinski definition) is 1. The summed E-state index contributed by atoms with van der Waals surface area (Å²) in [6.45, 7) is 9.87. The molecule has 0 radical (unpaired) electrons. The van der Waals surface area contributed by atoms with Crippen LogP contribution in [0.1, 0.15) is 66.4 Å². The van der Waals surface area contributed by atoms with Gasteiger partial charge in [-0.05, 0) is 58.6 Å². The van der Waals surface area contributed by atoms with E-state index in [1.54, 1.807) is 19.9 Å². The largest absolute Gasteiger partial charge is 0.462 e. The third-order valence-electron chi connectivity index (χ3n) is 8.45. The van der Waals surface area contributed by atoms with Crippen LogP contribution in [0, 0.1) is 11.3 Å². The van der Waals surface area contributed by atoms with Crippen molar-refractivity contribution in [1.82, 2.24) is 0 Å². The molecule has 4 rings (SSSR count). The Morgan fingerprint density at radius 2 is 1.61 bits per heavy atom. The van der Waals surface area contributed by atoms with Gasteiger partial charge in [-0.2, -0.15) is 0 Å². The maximum absolute atomic E-state index is 13.0. The summed E-state index contributed by atoms with van der Waals surface area (Å²) in [5, 5.41) is 11.9. The van der Waals surface area contributed by atoms with E-state index in [1.165, 1.54) is 19.9 Å². The van der Waals surface area contributed by atoms with Gasteiger partial charge in [-0.3, -0.25) is 9.59 Å². The van der Waals surface area contributed by atoms with Crippen molar-refractivity contribution in [2.24, 2.45) is 11.3 Å². The minimum Gasteiger partial charge on any atom is -0.462 e. The quantitative estimate of drug-likeness (QED) is 0.371. The zero-order chi connectivity index (χ0) is 26.5. The van der Waals surface area contributed by atoms with Crippen LogP contribution < -0.4 is 0 Å². The van der Waals surface area contributed by atoms with E-state index < -0.39 is 58.4 Å². The molecule has 1 aromatic rings. The average molecular weight is 501 g/mol. The molecule has 3 fully saturated rings. The van der Waals surface area contributed by atoms with E-state index in [0.717, 1.165) is 5.56 Å². The van der Waals surface area contributed by atoms with Crippen molar-refractivity contribution in [1.29, 1.82) is 0 Å². The Hall–Kier alpha value is -2.71. The second-order valence-electron chi connectivity index (χ2n) is 11.2. The van der Waals surface area contributed by atoms with Gasteiger partial charge in [0.2, 0.25) is 0 Å². The monoisotopic (exact) mass is 500 g/mol. The van der Waals surface area contributed by atoms with Gasteiger partial charge in [-0.15, -0.1) is 0 Å². The van der Waals surface area contributed by atoms with Gasteiger partial charge in [-0.1, -0.05) is 30.3 Å². The Labute approximate surface area is 211 Å². The molecule has 7 atom stereocenters. The van der Waals surface area contributed by atoms with Crippen molar-refractivity contribution < 1.29 is 38.4 Å². The summed E-state index contributed by atoms with van der Waals surface area (Å²) >= 11 is 0. The standard InChI is InChI=1S/C28H36O8/c1-17(29)33-21-14-15-26(5,32)28-24(34-18(2)30)20(25(3,4)36-28)16-22(27(21,28)6)35-23(31)13-12-19-10-8-7-9-11-19/h7-13,20-22,24,32H,14-16H2,1-6H3/b13-12+/t20-,21+,22+,24-,26+,27+,28+/m1/s1. The highest BCUT2D eigenvalue weighted by molar-refractivity contribution is 5.87. The van der Waals surface area contributed by atoms with E-state index >= 15 is 0 Å². The Balaban J connectivity index is 1.80. The molecule has 196 valence electrons. The second kappa shape index (κ2) is 8.99. The zero-order valence-electron chi connectivity index (χ0n) is 21.8. The lowest BCUT2D eigenvalue weighted by Crippen LogP contribution is -2.79. The average Bonchev–Trinajstić information content (AvgIpc) is 2.96. The maximum atomic E-state index is 13.0. The minimum absolute atomic E-state index is 0.246. The molecule has 8 heteroatoms. The molecule has 1 saturated heterocycles. The number of fused-ring (bicyclic) bond motifs is 1. The minimum atomic E-state index is -1.48. The van der Waals surface area contributed by atoms with Crippen LogP contribution in [0.2, 0.25) is 0 Å². The highest BCUT2D eigenvalue weighted by Gasteiger charge is 2.82. The van der Waals surface area contributed by atoms with E-state index in [9.17, 15) is 19.5 Å². The molecule has 1 N–H and O–H groups in total. The Kier molecular flexibility index (Phi) is 6.58. The van der Waals surface area contributed by atoms with Gasteiger partial charge in [0.05, 0.1) is 16.6 Å². The molecule has 2 saturated carbocycles. The number of ether oxygens (including phenoxy) is 4. The molecule has 3 aliphatic rings. The van der Waals surface area contributed by atoms with Gasteiger partial charge in [0.25, 0.3) is 0 Å². The summed E-state index contributed by atoms with van der Waals surface area (Å²) in [7, 11) is 0. The second-order valence-corrected chi connectivity index (χ2v) is 11.2. The third-order valence-corrected chi connectivity index (χ3v) is 8.45. The summed E-state index contributed by atoms with van der Waals surface area (Å²) in [5.74, 6) is -1.92. The van der Waals surface area contributed by atoms with E-state index in [-0.39, 0.29) is 12.3 Å². The fourth-order valence-corrected chi connectivity index (χ4v) is 6.88. The SMILES string of the molecule is CC(=O)O[C@H]1CC[C@](C)(O)[C@]23OC(C)(C)[C@H](C[C@H](OC(=O)/C=C/c4ccccc4)[C@]12C)[C@H]3OC(C)=O. The molecule has 0 aromatic heterocycles. The lowest BCUT2D eigenvalue weighted by molar-refractivity contribution is -0.329. The summed E-state index contributed by atoms with van der Waals surface area (Å²) in [4.78, 5) is 37.4. The van der Waals surface area contributed by atoms with Crippen molar-refractivity contribution in [3.63, 3.8) is 0 Å². The van der Waals surface area contributed by atoms with Gasteiger partial charge < -0.3 is 24.1 Å². The van der Waals surface area contributed by atoms with Crippen LogP contribution in [0.4, 0.5) is 0 Å². The van der Waals surface area contributed by atoms with Crippen molar-refractivity contribution in [2.75, 3.05) is 0 Å². The molecular weight excluding hydrogens is 464 g/mol. The number of esters is 3. The van der Waals surface area contributed by atoms with Crippen LogP contribution in [0.15, 0.2) is 36.4 Å². The van der Waals surface area contributed by atoms with Crippen LogP contribution in [-0.4, -0.2) is 58.1 Å². The van der Waals surface area contributed by atoms with E-state index in [2.05, 4.69) is 0 Å². The highest BCUT2D eigenvalue weighted by Crippen LogP contribution is 2.68. The molecule has 0 amide bonds. The number of rotatable bonds is 5. The molecular formula is C28H36O8. The van der Waals surface area contributed by atoms with Crippen LogP contribution in [-0.2, 0) is 33.3 Å². The molecule has 0 unspecified atom stereocenters. The van der Waals surface area contributed by atoms with Crippen LogP contribution in [0.25, 0.3) is 6.08 Å². The molecule has 36 heavy (non-hydrogen) atoms. The molecule has 2 aliphatic carbocycles. The normalized spacial score (nSPS) is 38.8. The van der Waals surface area contributed by atoms with Gasteiger partial charge in [0.1, 0.15) is 23.9 Å². The third kappa shape index (κ3) is 4.04.